The van der Waals surface area contributed by atoms with E-state index in [0.717, 1.165) is 31.3 Å². The molecule has 2 unspecified atom stereocenters. The maximum Gasteiger partial charge on any atom is 0.319 e. The van der Waals surface area contributed by atoms with Gasteiger partial charge in [0.1, 0.15) is 0 Å². The van der Waals surface area contributed by atoms with E-state index >= 15 is 0 Å². The molecule has 0 saturated heterocycles. The van der Waals surface area contributed by atoms with E-state index in [2.05, 4.69) is 50.7 Å². The average molecular weight is 436 g/mol. The average Bonchev–Trinajstić information content (AvgIpc) is 2.75. The van der Waals surface area contributed by atoms with Gasteiger partial charge in [-0.15, -0.1) is 0 Å². The molecule has 0 aromatic rings. The molecule has 31 heavy (non-hydrogen) atoms. The van der Waals surface area contributed by atoms with Crippen molar-refractivity contribution in [1.29, 1.82) is 0 Å². The number of nitrogens with zero attached hydrogens (tertiary/aromatic N) is 2. The second-order valence-corrected chi connectivity index (χ2v) is 10.2. The number of unbranched alkanes of at least 4 members (excludes halogenated alkanes) is 12. The first-order valence-corrected chi connectivity index (χ1v) is 14.3. The summed E-state index contributed by atoms with van der Waals surface area (Å²) < 4.78 is 0. The fourth-order valence-corrected chi connectivity index (χ4v) is 4.43. The molecule has 0 aliphatic carbocycles. The first-order chi connectivity index (χ1) is 15.1. The van der Waals surface area contributed by atoms with Crippen LogP contribution >= 0.6 is 0 Å². The van der Waals surface area contributed by atoms with Crippen LogP contribution in [0.25, 0.3) is 4.95 Å². The Labute approximate surface area is 197 Å². The van der Waals surface area contributed by atoms with Crippen molar-refractivity contribution >= 4 is 0 Å². The van der Waals surface area contributed by atoms with Crippen molar-refractivity contribution in [2.75, 3.05) is 13.1 Å². The third-order valence-electron chi connectivity index (χ3n) is 6.55. The zero-order valence-corrected chi connectivity index (χ0v) is 22.4. The highest BCUT2D eigenvalue weighted by Gasteiger charge is 2.15. The predicted molar refractivity (Wildman–Crippen MR) is 142 cm³/mol. The molecular weight excluding hydrogens is 376 g/mol. The lowest BCUT2D eigenvalue weighted by Crippen LogP contribution is -2.23. The molecule has 0 aliphatic heterocycles. The van der Waals surface area contributed by atoms with Crippen molar-refractivity contribution in [2.24, 2.45) is 11.8 Å². The zero-order valence-electron chi connectivity index (χ0n) is 22.4. The van der Waals surface area contributed by atoms with Crippen molar-refractivity contribution < 1.29 is 0 Å². The van der Waals surface area contributed by atoms with Gasteiger partial charge in [0.05, 0.1) is 24.5 Å². The van der Waals surface area contributed by atoms with E-state index in [1.165, 1.54) is 116 Å². The van der Waals surface area contributed by atoms with E-state index in [9.17, 15) is 0 Å². The maximum absolute atomic E-state index is 4.64. The summed E-state index contributed by atoms with van der Waals surface area (Å²) in [5.74, 6) is 1.63. The molecule has 0 bridgehead atoms. The van der Waals surface area contributed by atoms with Crippen LogP contribution in [0.4, 0.5) is 0 Å². The Morgan fingerprint density at radius 3 is 1.71 bits per heavy atom. The Morgan fingerprint density at radius 1 is 0.581 bits per heavy atom. The van der Waals surface area contributed by atoms with Gasteiger partial charge in [-0.25, -0.2) is 0 Å². The van der Waals surface area contributed by atoms with Crippen LogP contribution in [-0.4, -0.2) is 18.1 Å². The van der Waals surface area contributed by atoms with Gasteiger partial charge in [0.2, 0.25) is 0 Å². The van der Waals surface area contributed by atoms with Crippen molar-refractivity contribution in [3.05, 3.63) is 4.95 Å². The van der Waals surface area contributed by atoms with Crippen LogP contribution in [-0.2, 0) is 0 Å². The van der Waals surface area contributed by atoms with Gasteiger partial charge in [0.15, 0.2) is 0 Å². The zero-order chi connectivity index (χ0) is 23.0. The molecule has 2 nitrogen and oxygen atoms in total. The largest absolute Gasteiger partial charge is 0.319 e. The Bertz CT molecular complexity index is 409. The SMILES string of the molecule is CCCCCC#[N+]N(CCC)CC(C)CCCC(C)CCCCCCCCCCCC. The maximum atomic E-state index is 4.64. The standard InChI is InChI=1S/C29H59N2/c1-6-9-11-13-14-15-16-17-18-19-22-28(4)23-21-24-29(5)27-31(26-8-3)30-25-20-12-10-7-2/h28-29H,6-24,26-27H2,1-5H3/q+1. The molecule has 0 radical (unpaired) electrons. The number of hydrogen-bond acceptors (Lipinski definition) is 1. The molecule has 0 aliphatic rings. The van der Waals surface area contributed by atoms with Crippen LogP contribution in [0.15, 0.2) is 0 Å². The van der Waals surface area contributed by atoms with Gasteiger partial charge in [-0.3, -0.25) is 0 Å². The molecule has 0 saturated carbocycles. The third-order valence-corrected chi connectivity index (χ3v) is 6.55. The molecule has 0 amide bonds. The lowest BCUT2D eigenvalue weighted by Gasteiger charge is -2.15. The summed E-state index contributed by atoms with van der Waals surface area (Å²) in [5, 5.41) is 2.27. The van der Waals surface area contributed by atoms with Crippen LogP contribution in [0.5, 0.6) is 0 Å². The van der Waals surface area contributed by atoms with Gasteiger partial charge in [-0.2, -0.15) is 0 Å². The van der Waals surface area contributed by atoms with Crippen LogP contribution in [0.3, 0.4) is 0 Å². The summed E-state index contributed by atoms with van der Waals surface area (Å²) in [6.07, 6.45) is 26.0. The molecule has 0 rings (SSSR count). The van der Waals surface area contributed by atoms with Crippen molar-refractivity contribution in [2.45, 2.75) is 157 Å². The summed E-state index contributed by atoms with van der Waals surface area (Å²) in [6, 6.07) is 3.29. The summed E-state index contributed by atoms with van der Waals surface area (Å²) in [6.45, 7) is 13.8. The lowest BCUT2D eigenvalue weighted by molar-refractivity contribution is 0.295. The first-order valence-electron chi connectivity index (χ1n) is 14.3. The van der Waals surface area contributed by atoms with Crippen LogP contribution in [0, 0.1) is 17.9 Å². The Hall–Kier alpha value is -0.710. The van der Waals surface area contributed by atoms with Gasteiger partial charge in [-0.05, 0) is 31.1 Å². The Kier molecular flexibility index (Phi) is 23.4. The van der Waals surface area contributed by atoms with E-state index < -0.39 is 0 Å². The molecule has 0 N–H and O–H groups in total. The molecule has 2 heteroatoms. The fourth-order valence-electron chi connectivity index (χ4n) is 4.43. The highest BCUT2D eigenvalue weighted by atomic mass is 15.4. The van der Waals surface area contributed by atoms with Crippen molar-refractivity contribution in [3.63, 3.8) is 0 Å². The minimum atomic E-state index is 0.734. The van der Waals surface area contributed by atoms with E-state index in [1.807, 2.05) is 0 Å². The summed E-state index contributed by atoms with van der Waals surface area (Å²) in [5.41, 5.74) is 0. The molecule has 0 aromatic heterocycles. The first kappa shape index (κ1) is 30.3. The number of hydrogen-bond donors (Lipinski definition) is 0. The van der Waals surface area contributed by atoms with Gasteiger partial charge in [-0.1, -0.05) is 136 Å². The predicted octanol–water partition coefficient (Wildman–Crippen LogP) is 10.3. The monoisotopic (exact) mass is 435 g/mol. The molecule has 0 fully saturated rings. The molecule has 0 spiro atoms. The minimum Gasteiger partial charge on any atom is -0.0691 e. The van der Waals surface area contributed by atoms with Crippen molar-refractivity contribution in [1.82, 2.24) is 5.01 Å². The topological polar surface area (TPSA) is 7.60 Å². The second kappa shape index (κ2) is 23.9. The Morgan fingerprint density at radius 2 is 1.10 bits per heavy atom. The van der Waals surface area contributed by atoms with Gasteiger partial charge < -0.3 is 0 Å². The quantitative estimate of drug-likeness (QED) is 0.121. The van der Waals surface area contributed by atoms with Gasteiger partial charge in [0, 0.05) is 0 Å². The molecule has 2 atom stereocenters. The molecule has 0 aromatic carbocycles. The highest BCUT2D eigenvalue weighted by Crippen LogP contribution is 2.20. The molecule has 0 heterocycles. The van der Waals surface area contributed by atoms with Gasteiger partial charge in [0.25, 0.3) is 0 Å². The van der Waals surface area contributed by atoms with Gasteiger partial charge >= 0.3 is 6.07 Å². The molecular formula is C29H59N2+. The van der Waals surface area contributed by atoms with E-state index in [4.69, 9.17) is 0 Å². The van der Waals surface area contributed by atoms with E-state index in [-0.39, 0.29) is 0 Å². The van der Waals surface area contributed by atoms with Crippen LogP contribution in [0.2, 0.25) is 0 Å². The van der Waals surface area contributed by atoms with Crippen LogP contribution in [0.1, 0.15) is 157 Å². The minimum absolute atomic E-state index is 0.734. The fraction of sp³-hybridized carbons (Fsp3) is 0.966. The summed E-state index contributed by atoms with van der Waals surface area (Å²) in [7, 11) is 0. The molecule has 184 valence electrons. The summed E-state index contributed by atoms with van der Waals surface area (Å²) >= 11 is 0. The second-order valence-electron chi connectivity index (χ2n) is 10.2. The normalized spacial score (nSPS) is 12.9. The van der Waals surface area contributed by atoms with Crippen molar-refractivity contribution in [3.8, 4) is 6.07 Å². The van der Waals surface area contributed by atoms with E-state index in [0.29, 0.717) is 0 Å². The van der Waals surface area contributed by atoms with E-state index in [1.54, 1.807) is 0 Å². The Balaban J connectivity index is 3.71. The third kappa shape index (κ3) is 22.3. The summed E-state index contributed by atoms with van der Waals surface area (Å²) in [4.78, 5) is 4.64. The van der Waals surface area contributed by atoms with Crippen LogP contribution < -0.4 is 0 Å². The smallest absolute Gasteiger partial charge is 0.0691 e. The highest BCUT2D eigenvalue weighted by molar-refractivity contribution is 4.84. The lowest BCUT2D eigenvalue weighted by atomic mass is 9.94. The number of rotatable bonds is 22.